The minimum Gasteiger partial charge on any atom is -0.339 e. The molecule has 0 bridgehead atoms. The monoisotopic (exact) mass is 437 g/mol. The maximum absolute atomic E-state index is 12.7. The number of likely N-dealkylation sites (N-methyl/N-ethyl adjacent to an activating group) is 1. The fourth-order valence-electron chi connectivity index (χ4n) is 4.85. The fraction of sp³-hybridized carbons (Fsp3) is 0.231. The lowest BCUT2D eigenvalue weighted by molar-refractivity contribution is -0.117. The molecule has 1 aromatic carbocycles. The zero-order valence-corrected chi connectivity index (χ0v) is 18.4. The molecule has 0 spiro atoms. The number of benzene rings is 1. The molecule has 2 amide bonds. The zero-order valence-electron chi connectivity index (χ0n) is 18.4. The molecule has 0 N–H and O–H groups in total. The highest BCUT2D eigenvalue weighted by Crippen LogP contribution is 2.33. The molecule has 1 fully saturated rings. The van der Waals surface area contributed by atoms with Crippen LogP contribution in [0.3, 0.4) is 0 Å². The van der Waals surface area contributed by atoms with Crippen LogP contribution in [0.1, 0.15) is 23.3 Å². The highest BCUT2D eigenvalue weighted by Gasteiger charge is 2.25. The summed E-state index contributed by atoms with van der Waals surface area (Å²) in [4.78, 5) is 37.4. The van der Waals surface area contributed by atoms with Crippen molar-refractivity contribution in [2.45, 2.75) is 19.4 Å². The Kier molecular flexibility index (Phi) is 4.50. The summed E-state index contributed by atoms with van der Waals surface area (Å²) in [7, 11) is 1.83. The first-order valence-corrected chi connectivity index (χ1v) is 11.2. The number of amides is 2. The molecule has 0 saturated carbocycles. The number of rotatable bonds is 3. The molecule has 0 unspecified atom stereocenters. The van der Waals surface area contributed by atoms with E-state index in [0.717, 1.165) is 58.5 Å². The summed E-state index contributed by atoms with van der Waals surface area (Å²) in [5.74, 6) is 0.210. The van der Waals surface area contributed by atoms with E-state index in [-0.39, 0.29) is 11.8 Å². The van der Waals surface area contributed by atoms with Gasteiger partial charge in [-0.05, 0) is 47.9 Å². The Hall–Kier alpha value is -4.00. The number of nitrogens with zero attached hydrogens (tertiary/aromatic N) is 5. The highest BCUT2D eigenvalue weighted by molar-refractivity contribution is 6.03. The topological polar surface area (TPSA) is 71.3 Å². The van der Waals surface area contributed by atoms with Gasteiger partial charge in [0.05, 0.1) is 0 Å². The molecule has 7 heteroatoms. The van der Waals surface area contributed by atoms with Crippen molar-refractivity contribution >= 4 is 28.5 Å². The van der Waals surface area contributed by atoms with Gasteiger partial charge in [-0.1, -0.05) is 12.1 Å². The maximum Gasteiger partial charge on any atom is 0.270 e. The fourth-order valence-corrected chi connectivity index (χ4v) is 4.85. The van der Waals surface area contributed by atoms with Crippen LogP contribution in [0.4, 0.5) is 5.69 Å². The van der Waals surface area contributed by atoms with Gasteiger partial charge in [0.15, 0.2) is 0 Å². The second-order valence-electron chi connectivity index (χ2n) is 8.66. The van der Waals surface area contributed by atoms with Crippen molar-refractivity contribution in [3.05, 3.63) is 66.7 Å². The van der Waals surface area contributed by atoms with E-state index in [1.165, 1.54) is 0 Å². The van der Waals surface area contributed by atoms with Crippen molar-refractivity contribution in [1.82, 2.24) is 19.4 Å². The molecule has 5 heterocycles. The maximum atomic E-state index is 12.7. The summed E-state index contributed by atoms with van der Waals surface area (Å²) in [5, 5.41) is 0.956. The van der Waals surface area contributed by atoms with Crippen molar-refractivity contribution in [3.8, 4) is 22.3 Å². The van der Waals surface area contributed by atoms with Gasteiger partial charge in [-0.25, -0.2) is 4.98 Å². The second kappa shape index (κ2) is 7.55. The van der Waals surface area contributed by atoms with E-state index >= 15 is 0 Å². The van der Waals surface area contributed by atoms with Crippen LogP contribution in [0.25, 0.3) is 33.3 Å². The summed E-state index contributed by atoms with van der Waals surface area (Å²) in [6.45, 7) is 2.20. The average molecular weight is 438 g/mol. The molecule has 0 radical (unpaired) electrons. The van der Waals surface area contributed by atoms with Crippen LogP contribution in [0.5, 0.6) is 0 Å². The first kappa shape index (κ1) is 19.7. The Morgan fingerprint density at radius 1 is 0.879 bits per heavy atom. The van der Waals surface area contributed by atoms with E-state index in [0.29, 0.717) is 18.7 Å². The van der Waals surface area contributed by atoms with Crippen LogP contribution in [0.15, 0.2) is 61.1 Å². The lowest BCUT2D eigenvalue weighted by Gasteiger charge is -2.24. The van der Waals surface area contributed by atoms with Gasteiger partial charge in [-0.15, -0.1) is 0 Å². The number of anilines is 1. The number of fused-ring (bicyclic) bond motifs is 3. The Bertz CT molecular complexity index is 1410. The summed E-state index contributed by atoms with van der Waals surface area (Å²) in [5.41, 5.74) is 6.46. The van der Waals surface area contributed by atoms with Gasteiger partial charge in [0.25, 0.3) is 5.91 Å². The van der Waals surface area contributed by atoms with Gasteiger partial charge < -0.3 is 14.4 Å². The van der Waals surface area contributed by atoms with Gasteiger partial charge in [-0.3, -0.25) is 14.6 Å². The Morgan fingerprint density at radius 3 is 2.48 bits per heavy atom. The predicted molar refractivity (Wildman–Crippen MR) is 127 cm³/mol. The number of hydrogen-bond acceptors (Lipinski definition) is 4. The molecule has 0 aliphatic carbocycles. The standard InChI is InChI=1S/C26H23N5O2/c1-29-11-12-31-23(26(29)33)14-22-21(8-9-28-25(22)31)19-13-18(15-27-16-19)17-4-6-20(7-5-17)30-10-2-3-24(30)32/h4-9,13-16H,2-3,10-12H2,1H3. The van der Waals surface area contributed by atoms with Gasteiger partial charge in [0.2, 0.25) is 5.91 Å². The lowest BCUT2D eigenvalue weighted by Crippen LogP contribution is -2.36. The van der Waals surface area contributed by atoms with Gasteiger partial charge in [0.1, 0.15) is 11.3 Å². The summed E-state index contributed by atoms with van der Waals surface area (Å²) >= 11 is 0. The highest BCUT2D eigenvalue weighted by atomic mass is 16.2. The smallest absolute Gasteiger partial charge is 0.270 e. The third kappa shape index (κ3) is 3.19. The SMILES string of the molecule is CN1CCn2c(cc3c(-c4cncc(-c5ccc(N6CCCC6=O)cc5)c4)ccnc32)C1=O. The minimum absolute atomic E-state index is 0.0219. The van der Waals surface area contributed by atoms with Crippen LogP contribution in [0, 0.1) is 0 Å². The summed E-state index contributed by atoms with van der Waals surface area (Å²) in [6, 6.07) is 14.1. The van der Waals surface area contributed by atoms with Crippen LogP contribution < -0.4 is 4.90 Å². The normalized spacial score (nSPS) is 16.0. The van der Waals surface area contributed by atoms with Crippen molar-refractivity contribution in [2.75, 3.05) is 25.0 Å². The third-order valence-electron chi connectivity index (χ3n) is 6.66. The van der Waals surface area contributed by atoms with E-state index in [4.69, 9.17) is 0 Å². The molecule has 1 saturated heterocycles. The van der Waals surface area contributed by atoms with Crippen molar-refractivity contribution < 1.29 is 9.59 Å². The van der Waals surface area contributed by atoms with Crippen LogP contribution in [-0.2, 0) is 11.3 Å². The number of aromatic nitrogens is 3. The minimum atomic E-state index is 0.0219. The molecule has 0 atom stereocenters. The number of hydrogen-bond donors (Lipinski definition) is 0. The summed E-state index contributed by atoms with van der Waals surface area (Å²) < 4.78 is 2.01. The number of carbonyl (C=O) groups is 2. The molecule has 164 valence electrons. The van der Waals surface area contributed by atoms with Gasteiger partial charge in [-0.2, -0.15) is 0 Å². The second-order valence-corrected chi connectivity index (χ2v) is 8.66. The van der Waals surface area contributed by atoms with Crippen molar-refractivity contribution in [3.63, 3.8) is 0 Å². The first-order valence-electron chi connectivity index (χ1n) is 11.2. The predicted octanol–water partition coefficient (Wildman–Crippen LogP) is 3.98. The Labute approximate surface area is 191 Å². The van der Waals surface area contributed by atoms with Crippen LogP contribution in [-0.4, -0.2) is 51.4 Å². The van der Waals surface area contributed by atoms with Gasteiger partial charge >= 0.3 is 0 Å². The number of pyridine rings is 2. The Morgan fingerprint density at radius 2 is 1.70 bits per heavy atom. The van der Waals surface area contributed by atoms with E-state index in [9.17, 15) is 9.59 Å². The van der Waals surface area contributed by atoms with Gasteiger partial charge in [0, 0.05) is 73.9 Å². The molecular formula is C26H23N5O2. The van der Waals surface area contributed by atoms with E-state index in [1.807, 2.05) is 65.3 Å². The quantitative estimate of drug-likeness (QED) is 0.486. The van der Waals surface area contributed by atoms with E-state index in [1.54, 1.807) is 11.1 Å². The van der Waals surface area contributed by atoms with E-state index < -0.39 is 0 Å². The molecule has 2 aliphatic rings. The molecule has 3 aromatic heterocycles. The largest absolute Gasteiger partial charge is 0.339 e. The molecule has 4 aromatic rings. The first-order chi connectivity index (χ1) is 16.1. The van der Waals surface area contributed by atoms with Crippen LogP contribution in [0.2, 0.25) is 0 Å². The average Bonchev–Trinajstić information content (AvgIpc) is 3.45. The van der Waals surface area contributed by atoms with Crippen molar-refractivity contribution in [1.29, 1.82) is 0 Å². The molecule has 6 rings (SSSR count). The zero-order chi connectivity index (χ0) is 22.5. The number of carbonyl (C=O) groups excluding carboxylic acids is 2. The lowest BCUT2D eigenvalue weighted by atomic mass is 10.0. The molecular weight excluding hydrogens is 414 g/mol. The third-order valence-corrected chi connectivity index (χ3v) is 6.66. The van der Waals surface area contributed by atoms with E-state index in [2.05, 4.69) is 16.0 Å². The summed E-state index contributed by atoms with van der Waals surface area (Å²) in [6.07, 6.45) is 7.03. The van der Waals surface area contributed by atoms with Crippen LogP contribution >= 0.6 is 0 Å². The van der Waals surface area contributed by atoms with Crippen molar-refractivity contribution in [2.24, 2.45) is 0 Å². The molecule has 33 heavy (non-hydrogen) atoms. The molecule has 2 aliphatic heterocycles. The Balaban J connectivity index is 1.38. The molecule has 7 nitrogen and oxygen atoms in total.